The van der Waals surface area contributed by atoms with Crippen molar-refractivity contribution in [2.24, 2.45) is 0 Å². The standard InChI is InChI=1S/C22H21N3O2/c1-15-6-4-7-20(10-15)24-22(26)19(13-23)12-18-11-16(2)25(17(18)3)14-21-8-5-9-27-21/h4-12H,14H2,1-3H3,(H,24,26)/b19-12+. The van der Waals surface area contributed by atoms with Crippen molar-refractivity contribution < 1.29 is 9.21 Å². The number of carbonyl (C=O) groups is 1. The van der Waals surface area contributed by atoms with Gasteiger partial charge in [0.05, 0.1) is 12.8 Å². The first-order valence-corrected chi connectivity index (χ1v) is 8.67. The minimum Gasteiger partial charge on any atom is -0.467 e. The molecule has 1 amide bonds. The van der Waals surface area contributed by atoms with Crippen LogP contribution in [0.15, 0.2) is 58.7 Å². The van der Waals surface area contributed by atoms with Gasteiger partial charge in [0.25, 0.3) is 5.91 Å². The number of carbonyl (C=O) groups excluding carboxylic acids is 1. The predicted octanol–water partition coefficient (Wildman–Crippen LogP) is 4.60. The van der Waals surface area contributed by atoms with Crippen LogP contribution in [0.2, 0.25) is 0 Å². The van der Waals surface area contributed by atoms with Crippen molar-refractivity contribution in [2.75, 3.05) is 5.32 Å². The Bertz CT molecular complexity index is 1030. The second kappa shape index (κ2) is 7.79. The number of benzene rings is 1. The van der Waals surface area contributed by atoms with Crippen molar-refractivity contribution in [1.82, 2.24) is 4.57 Å². The number of aromatic nitrogens is 1. The van der Waals surface area contributed by atoms with E-state index in [1.165, 1.54) is 0 Å². The van der Waals surface area contributed by atoms with Gasteiger partial charge in [0, 0.05) is 17.1 Å². The molecular formula is C22H21N3O2. The fourth-order valence-corrected chi connectivity index (χ4v) is 3.00. The van der Waals surface area contributed by atoms with E-state index >= 15 is 0 Å². The van der Waals surface area contributed by atoms with E-state index in [0.29, 0.717) is 12.2 Å². The molecule has 0 atom stereocenters. The van der Waals surface area contributed by atoms with Crippen LogP contribution in [0.3, 0.4) is 0 Å². The van der Waals surface area contributed by atoms with Crippen LogP contribution in [-0.2, 0) is 11.3 Å². The number of amides is 1. The molecule has 0 unspecified atom stereocenters. The monoisotopic (exact) mass is 359 g/mol. The molecule has 5 nitrogen and oxygen atoms in total. The number of furan rings is 1. The molecule has 5 heteroatoms. The average molecular weight is 359 g/mol. The summed E-state index contributed by atoms with van der Waals surface area (Å²) in [6.07, 6.45) is 3.28. The minimum absolute atomic E-state index is 0.0646. The summed E-state index contributed by atoms with van der Waals surface area (Å²) < 4.78 is 7.52. The lowest BCUT2D eigenvalue weighted by Crippen LogP contribution is -2.13. The summed E-state index contributed by atoms with van der Waals surface area (Å²) in [5.74, 6) is 0.434. The van der Waals surface area contributed by atoms with E-state index in [2.05, 4.69) is 9.88 Å². The molecule has 0 aliphatic heterocycles. The Morgan fingerprint density at radius 3 is 2.70 bits per heavy atom. The van der Waals surface area contributed by atoms with Crippen LogP contribution in [0.4, 0.5) is 5.69 Å². The van der Waals surface area contributed by atoms with Crippen LogP contribution in [0.5, 0.6) is 0 Å². The predicted molar refractivity (Wildman–Crippen MR) is 105 cm³/mol. The summed E-state index contributed by atoms with van der Waals surface area (Å²) in [6.45, 7) is 6.52. The van der Waals surface area contributed by atoms with Crippen molar-refractivity contribution in [3.05, 3.63) is 82.6 Å². The maximum absolute atomic E-state index is 12.5. The van der Waals surface area contributed by atoms with Crippen molar-refractivity contribution in [3.8, 4) is 6.07 Å². The number of nitrogens with one attached hydrogen (secondary N) is 1. The number of anilines is 1. The highest BCUT2D eigenvalue weighted by molar-refractivity contribution is 6.09. The molecule has 0 spiro atoms. The van der Waals surface area contributed by atoms with E-state index in [-0.39, 0.29) is 5.57 Å². The highest BCUT2D eigenvalue weighted by atomic mass is 16.3. The van der Waals surface area contributed by atoms with Crippen LogP contribution in [-0.4, -0.2) is 10.5 Å². The van der Waals surface area contributed by atoms with Crippen LogP contribution >= 0.6 is 0 Å². The number of rotatable bonds is 5. The van der Waals surface area contributed by atoms with E-state index in [4.69, 9.17) is 4.42 Å². The normalized spacial score (nSPS) is 11.3. The molecular weight excluding hydrogens is 338 g/mol. The van der Waals surface area contributed by atoms with Crippen LogP contribution in [0, 0.1) is 32.1 Å². The van der Waals surface area contributed by atoms with E-state index in [0.717, 1.165) is 28.3 Å². The van der Waals surface area contributed by atoms with E-state index in [1.807, 2.05) is 63.2 Å². The molecule has 1 N–H and O–H groups in total. The van der Waals surface area contributed by atoms with Gasteiger partial charge in [0.1, 0.15) is 17.4 Å². The average Bonchev–Trinajstić information content (AvgIpc) is 3.23. The first-order chi connectivity index (χ1) is 13.0. The molecule has 0 aliphatic rings. The third-order valence-electron chi connectivity index (χ3n) is 4.45. The van der Waals surface area contributed by atoms with Gasteiger partial charge < -0.3 is 14.3 Å². The molecule has 0 fully saturated rings. The van der Waals surface area contributed by atoms with Crippen molar-refractivity contribution in [2.45, 2.75) is 27.3 Å². The Hall–Kier alpha value is -3.52. The zero-order valence-corrected chi connectivity index (χ0v) is 15.6. The Morgan fingerprint density at radius 1 is 1.22 bits per heavy atom. The number of hydrogen-bond acceptors (Lipinski definition) is 3. The second-order valence-electron chi connectivity index (χ2n) is 6.49. The Balaban J connectivity index is 1.85. The highest BCUT2D eigenvalue weighted by Gasteiger charge is 2.14. The van der Waals surface area contributed by atoms with Crippen LogP contribution < -0.4 is 5.32 Å². The van der Waals surface area contributed by atoms with Crippen molar-refractivity contribution >= 4 is 17.7 Å². The molecule has 3 aromatic rings. The fraction of sp³-hybridized carbons (Fsp3) is 0.182. The van der Waals surface area contributed by atoms with Gasteiger partial charge in [-0.15, -0.1) is 0 Å². The van der Waals surface area contributed by atoms with Gasteiger partial charge >= 0.3 is 0 Å². The first-order valence-electron chi connectivity index (χ1n) is 8.67. The van der Waals surface area contributed by atoms with Gasteiger partial charge in [0.15, 0.2) is 0 Å². The Morgan fingerprint density at radius 2 is 2.04 bits per heavy atom. The zero-order chi connectivity index (χ0) is 19.4. The molecule has 0 saturated carbocycles. The molecule has 0 bridgehead atoms. The number of nitrogens with zero attached hydrogens (tertiary/aromatic N) is 2. The summed E-state index contributed by atoms with van der Waals surface area (Å²) in [6, 6.07) is 15.2. The van der Waals surface area contributed by atoms with Gasteiger partial charge in [-0.1, -0.05) is 12.1 Å². The van der Waals surface area contributed by atoms with Gasteiger partial charge in [-0.3, -0.25) is 4.79 Å². The number of nitriles is 1. The lowest BCUT2D eigenvalue weighted by atomic mass is 10.1. The molecule has 2 aromatic heterocycles. The molecule has 3 rings (SSSR count). The van der Waals surface area contributed by atoms with E-state index in [1.54, 1.807) is 18.4 Å². The lowest BCUT2D eigenvalue weighted by Gasteiger charge is -2.07. The number of aryl methyl sites for hydroxylation is 2. The third kappa shape index (κ3) is 4.18. The molecule has 0 aliphatic carbocycles. The Kier molecular flexibility index (Phi) is 5.28. The summed E-state index contributed by atoms with van der Waals surface area (Å²) in [5.41, 5.74) is 4.62. The van der Waals surface area contributed by atoms with E-state index < -0.39 is 5.91 Å². The summed E-state index contributed by atoms with van der Waals surface area (Å²) in [5, 5.41) is 12.2. The maximum atomic E-state index is 12.5. The van der Waals surface area contributed by atoms with Crippen LogP contribution in [0.25, 0.3) is 6.08 Å². The topological polar surface area (TPSA) is 71.0 Å². The molecule has 2 heterocycles. The summed E-state index contributed by atoms with van der Waals surface area (Å²) in [7, 11) is 0. The maximum Gasteiger partial charge on any atom is 0.266 e. The van der Waals surface area contributed by atoms with E-state index in [9.17, 15) is 10.1 Å². The highest BCUT2D eigenvalue weighted by Crippen LogP contribution is 2.20. The molecule has 1 aromatic carbocycles. The minimum atomic E-state index is -0.418. The molecule has 0 radical (unpaired) electrons. The van der Waals surface area contributed by atoms with Gasteiger partial charge in [-0.25, -0.2) is 0 Å². The van der Waals surface area contributed by atoms with Gasteiger partial charge in [-0.2, -0.15) is 5.26 Å². The molecule has 27 heavy (non-hydrogen) atoms. The van der Waals surface area contributed by atoms with Crippen LogP contribution in [0.1, 0.15) is 28.3 Å². The quantitative estimate of drug-likeness (QED) is 0.534. The smallest absolute Gasteiger partial charge is 0.266 e. The first kappa shape index (κ1) is 18.3. The Labute approximate surface area is 158 Å². The van der Waals surface area contributed by atoms with Crippen molar-refractivity contribution in [1.29, 1.82) is 5.26 Å². The summed E-state index contributed by atoms with van der Waals surface area (Å²) >= 11 is 0. The van der Waals surface area contributed by atoms with Gasteiger partial charge in [0.2, 0.25) is 0 Å². The largest absolute Gasteiger partial charge is 0.467 e. The fourth-order valence-electron chi connectivity index (χ4n) is 3.00. The van der Waals surface area contributed by atoms with Gasteiger partial charge in [-0.05, 0) is 68.3 Å². The zero-order valence-electron chi connectivity index (χ0n) is 15.6. The van der Waals surface area contributed by atoms with Crippen molar-refractivity contribution in [3.63, 3.8) is 0 Å². The summed E-state index contributed by atoms with van der Waals surface area (Å²) in [4.78, 5) is 12.5. The third-order valence-corrected chi connectivity index (χ3v) is 4.45. The SMILES string of the molecule is Cc1cccc(NC(=O)/C(C#N)=C/c2cc(C)n(Cc3ccco3)c2C)c1. The lowest BCUT2D eigenvalue weighted by molar-refractivity contribution is -0.112. The number of hydrogen-bond donors (Lipinski definition) is 1. The second-order valence-corrected chi connectivity index (χ2v) is 6.49. The molecule has 136 valence electrons. The molecule has 0 saturated heterocycles.